The Morgan fingerprint density at radius 3 is 2.35 bits per heavy atom. The molecule has 0 bridgehead atoms. The molecule has 3 nitrogen and oxygen atoms in total. The van der Waals surface area contributed by atoms with Crippen molar-refractivity contribution in [3.05, 3.63) is 35.4 Å². The maximum atomic E-state index is 12.5. The summed E-state index contributed by atoms with van der Waals surface area (Å²) in [5, 5.41) is 0.904. The van der Waals surface area contributed by atoms with Crippen LogP contribution in [0.1, 0.15) is 22.3 Å². The molecule has 0 unspecified atom stereocenters. The average Bonchev–Trinajstić information content (AvgIpc) is 2.39. The van der Waals surface area contributed by atoms with Gasteiger partial charge >= 0.3 is 0 Å². The molecule has 0 N–H and O–H groups in total. The first-order valence-corrected chi connectivity index (χ1v) is 5.61. The van der Waals surface area contributed by atoms with Gasteiger partial charge in [0.25, 0.3) is 12.3 Å². The zero-order valence-electron chi connectivity index (χ0n) is 9.85. The van der Waals surface area contributed by atoms with Gasteiger partial charge in [0.15, 0.2) is 0 Å². The highest BCUT2D eigenvalue weighted by molar-refractivity contribution is 7.79. The number of thiol groups is 1. The van der Waals surface area contributed by atoms with Crippen molar-refractivity contribution in [2.75, 3.05) is 20.4 Å². The Morgan fingerprint density at radius 2 is 1.88 bits per heavy atom. The normalized spacial score (nSPS) is 9.59. The van der Waals surface area contributed by atoms with Crippen LogP contribution >= 0.6 is 12.6 Å². The third-order valence-corrected chi connectivity index (χ3v) is 1.99. The van der Waals surface area contributed by atoms with E-state index >= 15 is 0 Å². The van der Waals surface area contributed by atoms with E-state index in [9.17, 15) is 13.6 Å². The summed E-state index contributed by atoms with van der Waals surface area (Å²) in [4.78, 5) is 16.2. The van der Waals surface area contributed by atoms with Crippen molar-refractivity contribution in [2.45, 2.75) is 6.43 Å². The van der Waals surface area contributed by atoms with Crippen LogP contribution in [0.3, 0.4) is 0 Å². The molecule has 0 radical (unpaired) electrons. The van der Waals surface area contributed by atoms with Crippen LogP contribution in [0.2, 0.25) is 0 Å². The Balaban J connectivity index is 0.00000121. The lowest BCUT2D eigenvalue weighted by molar-refractivity contribution is -0.0759. The van der Waals surface area contributed by atoms with Crippen molar-refractivity contribution in [3.8, 4) is 0 Å². The third kappa shape index (κ3) is 4.32. The highest BCUT2D eigenvalue weighted by Crippen LogP contribution is 2.23. The fourth-order valence-corrected chi connectivity index (χ4v) is 1.13. The van der Waals surface area contributed by atoms with E-state index in [1.165, 1.54) is 38.4 Å². The van der Waals surface area contributed by atoms with Gasteiger partial charge in [0, 0.05) is 12.6 Å². The van der Waals surface area contributed by atoms with Gasteiger partial charge in [-0.15, -0.1) is 0 Å². The van der Waals surface area contributed by atoms with Gasteiger partial charge in [0.05, 0.1) is 12.7 Å². The summed E-state index contributed by atoms with van der Waals surface area (Å²) in [6, 6.07) is 5.56. The molecule has 1 aromatic carbocycles. The second-order valence-corrected chi connectivity index (χ2v) is 2.87. The first-order chi connectivity index (χ1) is 8.07. The lowest BCUT2D eigenvalue weighted by Crippen LogP contribution is -2.26. The van der Waals surface area contributed by atoms with Crippen molar-refractivity contribution >= 4 is 18.5 Å². The number of hydrogen-bond donors (Lipinski definition) is 1. The Labute approximate surface area is 105 Å². The predicted molar refractivity (Wildman–Crippen MR) is 65.4 cm³/mol. The number of hydrogen-bond acceptors (Lipinski definition) is 3. The number of nitrogens with zero attached hydrogens (tertiary/aromatic N) is 1. The molecule has 1 rings (SSSR count). The molecule has 0 aromatic heterocycles. The summed E-state index contributed by atoms with van der Waals surface area (Å²) in [5.41, 5.74) is -0.330. The van der Waals surface area contributed by atoms with Crippen molar-refractivity contribution in [3.63, 3.8) is 0 Å². The molecule has 1 aromatic rings. The number of carbonyl (C=O) groups excluding carboxylic acids is 1. The molecule has 96 valence electrons. The van der Waals surface area contributed by atoms with E-state index in [0.717, 1.165) is 5.06 Å². The van der Waals surface area contributed by atoms with Crippen LogP contribution in [-0.2, 0) is 4.84 Å². The number of amides is 1. The molecular weight excluding hydrogens is 248 g/mol. The lowest BCUT2D eigenvalue weighted by Gasteiger charge is -2.15. The minimum atomic E-state index is -2.67. The Kier molecular flexibility index (Phi) is 7.49. The number of hydroxylamine groups is 2. The largest absolute Gasteiger partial charge is 0.277 e. The molecule has 0 heterocycles. The molecule has 17 heavy (non-hydrogen) atoms. The minimum absolute atomic E-state index is 0.0446. The van der Waals surface area contributed by atoms with Crippen molar-refractivity contribution in [1.82, 2.24) is 5.06 Å². The topological polar surface area (TPSA) is 29.5 Å². The molecular formula is C11H15F2NO2S. The summed E-state index contributed by atoms with van der Waals surface area (Å²) in [6.45, 7) is 0. The molecule has 0 atom stereocenters. The van der Waals surface area contributed by atoms with Gasteiger partial charge in [-0.2, -0.15) is 12.6 Å². The lowest BCUT2D eigenvalue weighted by atomic mass is 10.1. The molecule has 0 aliphatic rings. The SMILES string of the molecule is CON(C)C(=O)c1ccccc1C(F)F.CS. The molecule has 0 saturated heterocycles. The van der Waals surface area contributed by atoms with E-state index in [2.05, 4.69) is 17.5 Å². The van der Waals surface area contributed by atoms with Crippen LogP contribution in [-0.4, -0.2) is 31.4 Å². The van der Waals surface area contributed by atoms with Crippen LogP contribution < -0.4 is 0 Å². The van der Waals surface area contributed by atoms with Crippen LogP contribution in [0.15, 0.2) is 24.3 Å². The first kappa shape index (κ1) is 15.9. The van der Waals surface area contributed by atoms with Crippen LogP contribution in [0.25, 0.3) is 0 Å². The molecule has 1 amide bonds. The Hall–Kier alpha value is -1.14. The van der Waals surface area contributed by atoms with Crippen LogP contribution in [0.4, 0.5) is 8.78 Å². The van der Waals surface area contributed by atoms with Gasteiger partial charge < -0.3 is 0 Å². The van der Waals surface area contributed by atoms with Gasteiger partial charge in [-0.3, -0.25) is 9.63 Å². The summed E-state index contributed by atoms with van der Waals surface area (Å²) in [6.07, 6.45) is -0.976. The summed E-state index contributed by atoms with van der Waals surface area (Å²) >= 11 is 3.53. The highest BCUT2D eigenvalue weighted by Gasteiger charge is 2.20. The molecule has 0 aliphatic heterocycles. The molecule has 0 saturated carbocycles. The zero-order valence-corrected chi connectivity index (χ0v) is 10.7. The second kappa shape index (κ2) is 8.03. The summed E-state index contributed by atoms with van der Waals surface area (Å²) in [5.74, 6) is -0.589. The minimum Gasteiger partial charge on any atom is -0.274 e. The van der Waals surface area contributed by atoms with Gasteiger partial charge in [-0.25, -0.2) is 13.8 Å². The monoisotopic (exact) mass is 263 g/mol. The quantitative estimate of drug-likeness (QED) is 0.671. The van der Waals surface area contributed by atoms with E-state index in [1.807, 2.05) is 0 Å². The summed E-state index contributed by atoms with van der Waals surface area (Å²) in [7, 11) is 2.66. The van der Waals surface area contributed by atoms with Gasteiger partial charge in [0.1, 0.15) is 0 Å². The van der Waals surface area contributed by atoms with E-state index in [-0.39, 0.29) is 11.1 Å². The number of rotatable bonds is 3. The molecule has 6 heteroatoms. The smallest absolute Gasteiger partial charge is 0.274 e. The van der Waals surface area contributed by atoms with Gasteiger partial charge in [-0.1, -0.05) is 18.2 Å². The van der Waals surface area contributed by atoms with E-state index < -0.39 is 12.3 Å². The number of halogens is 2. The second-order valence-electron chi connectivity index (χ2n) is 2.87. The van der Waals surface area contributed by atoms with Crippen LogP contribution in [0, 0.1) is 0 Å². The van der Waals surface area contributed by atoms with Crippen molar-refractivity contribution < 1.29 is 18.4 Å². The number of benzene rings is 1. The Bertz CT molecular complexity index is 361. The standard InChI is InChI=1S/C10H11F2NO2.CH4S/c1-13(15-2)10(14)8-6-4-3-5-7(8)9(11)12;1-2/h3-6,9H,1-2H3;2H,1H3. The highest BCUT2D eigenvalue weighted by atomic mass is 32.1. The van der Waals surface area contributed by atoms with Gasteiger partial charge in [-0.05, 0) is 12.3 Å². The van der Waals surface area contributed by atoms with Gasteiger partial charge in [0.2, 0.25) is 0 Å². The maximum Gasteiger partial charge on any atom is 0.277 e. The average molecular weight is 263 g/mol. The zero-order chi connectivity index (χ0) is 13.4. The van der Waals surface area contributed by atoms with E-state index in [0.29, 0.717) is 0 Å². The number of alkyl halides is 2. The molecule has 0 fully saturated rings. The molecule has 0 spiro atoms. The van der Waals surface area contributed by atoms with Crippen molar-refractivity contribution in [2.24, 2.45) is 0 Å². The third-order valence-electron chi connectivity index (χ3n) is 1.99. The van der Waals surface area contributed by atoms with Crippen molar-refractivity contribution in [1.29, 1.82) is 0 Å². The Morgan fingerprint density at radius 1 is 1.35 bits per heavy atom. The maximum absolute atomic E-state index is 12.5. The fourth-order valence-electron chi connectivity index (χ4n) is 1.13. The van der Waals surface area contributed by atoms with E-state index in [4.69, 9.17) is 0 Å². The first-order valence-electron chi connectivity index (χ1n) is 4.72. The summed E-state index contributed by atoms with van der Waals surface area (Å²) < 4.78 is 25.1. The van der Waals surface area contributed by atoms with E-state index in [1.54, 1.807) is 6.26 Å². The fraction of sp³-hybridized carbons (Fsp3) is 0.364. The predicted octanol–water partition coefficient (Wildman–Crippen LogP) is 2.80. The molecule has 0 aliphatic carbocycles. The number of carbonyl (C=O) groups is 1. The van der Waals surface area contributed by atoms with Crippen LogP contribution in [0.5, 0.6) is 0 Å².